The summed E-state index contributed by atoms with van der Waals surface area (Å²) >= 11 is 0. The van der Waals surface area contributed by atoms with Gasteiger partial charge in [0, 0.05) is 18.7 Å². The fraction of sp³-hybridized carbons (Fsp3) is 0.455. The molecule has 0 bridgehead atoms. The average Bonchev–Trinajstić information content (AvgIpc) is 2.60. The summed E-state index contributed by atoms with van der Waals surface area (Å²) in [7, 11) is 0. The van der Waals surface area contributed by atoms with Gasteiger partial charge in [-0.2, -0.15) is 4.98 Å². The maximum Gasteiger partial charge on any atom is 0.199 e. The number of hydrogen-bond donors (Lipinski definition) is 1. The van der Waals surface area contributed by atoms with Crippen molar-refractivity contribution in [3.05, 3.63) is 23.7 Å². The highest BCUT2D eigenvalue weighted by molar-refractivity contribution is 5.67. The Kier molecular flexibility index (Phi) is 2.97. The Balaban J connectivity index is 2.16. The van der Waals surface area contributed by atoms with Crippen molar-refractivity contribution in [1.29, 1.82) is 0 Å². The lowest BCUT2D eigenvalue weighted by atomic mass is 10.4. The van der Waals surface area contributed by atoms with E-state index in [1.54, 1.807) is 0 Å². The molecular weight excluding hydrogens is 190 g/mol. The quantitative estimate of drug-likeness (QED) is 0.771. The predicted molar refractivity (Wildman–Crippen MR) is 58.8 cm³/mol. The van der Waals surface area contributed by atoms with Gasteiger partial charge in [-0.05, 0) is 25.6 Å². The third-order valence-corrected chi connectivity index (χ3v) is 2.20. The van der Waals surface area contributed by atoms with E-state index >= 15 is 0 Å². The van der Waals surface area contributed by atoms with Crippen molar-refractivity contribution in [3.8, 4) is 0 Å². The highest BCUT2D eigenvalue weighted by atomic mass is 16.3. The molecule has 0 amide bonds. The summed E-state index contributed by atoms with van der Waals surface area (Å²) in [6.07, 6.45) is 0.809. The molecule has 0 fully saturated rings. The number of hydrogen-bond acceptors (Lipinski definition) is 4. The van der Waals surface area contributed by atoms with Gasteiger partial charge in [0.2, 0.25) is 0 Å². The molecule has 0 saturated carbocycles. The highest BCUT2D eigenvalue weighted by Crippen LogP contribution is 2.13. The van der Waals surface area contributed by atoms with E-state index in [0.717, 1.165) is 36.7 Å². The van der Waals surface area contributed by atoms with Crippen LogP contribution >= 0.6 is 0 Å². The first-order valence-corrected chi connectivity index (χ1v) is 5.23. The minimum absolute atomic E-state index is 0.710. The maximum atomic E-state index is 5.56. The minimum Gasteiger partial charge on any atom is -0.439 e. The molecule has 15 heavy (non-hydrogen) atoms. The number of fused-ring (bicyclic) bond motifs is 1. The third kappa shape index (κ3) is 2.33. The molecule has 0 aliphatic rings. The van der Waals surface area contributed by atoms with Crippen molar-refractivity contribution < 1.29 is 4.42 Å². The van der Waals surface area contributed by atoms with Crippen LogP contribution in [0.15, 0.2) is 16.5 Å². The second kappa shape index (κ2) is 4.40. The molecule has 2 aromatic heterocycles. The molecule has 0 aliphatic carbocycles. The Labute approximate surface area is 88.7 Å². The maximum absolute atomic E-state index is 5.56. The summed E-state index contributed by atoms with van der Waals surface area (Å²) in [5, 5.41) is 3.23. The smallest absolute Gasteiger partial charge is 0.199 e. The van der Waals surface area contributed by atoms with Crippen LogP contribution < -0.4 is 5.32 Å². The zero-order valence-electron chi connectivity index (χ0n) is 9.08. The highest BCUT2D eigenvalue weighted by Gasteiger charge is 2.05. The van der Waals surface area contributed by atoms with Crippen molar-refractivity contribution >= 4 is 11.2 Å². The average molecular weight is 205 g/mol. The molecule has 2 heterocycles. The second-order valence-electron chi connectivity index (χ2n) is 3.49. The van der Waals surface area contributed by atoms with Crippen LogP contribution in [-0.4, -0.2) is 23.1 Å². The van der Waals surface area contributed by atoms with Gasteiger partial charge in [0.15, 0.2) is 17.1 Å². The van der Waals surface area contributed by atoms with Gasteiger partial charge in [-0.3, -0.25) is 0 Å². The Morgan fingerprint density at radius 1 is 1.33 bits per heavy atom. The Bertz CT molecular complexity index is 450. The molecule has 2 aromatic rings. The van der Waals surface area contributed by atoms with E-state index in [9.17, 15) is 0 Å². The van der Waals surface area contributed by atoms with Crippen molar-refractivity contribution in [2.24, 2.45) is 0 Å². The molecule has 2 rings (SSSR count). The van der Waals surface area contributed by atoms with Gasteiger partial charge in [-0.25, -0.2) is 4.98 Å². The number of nitrogens with zero attached hydrogens (tertiary/aromatic N) is 2. The number of aryl methyl sites for hydroxylation is 1. The van der Waals surface area contributed by atoms with Crippen LogP contribution in [0, 0.1) is 6.92 Å². The number of aromatic nitrogens is 2. The fourth-order valence-corrected chi connectivity index (χ4v) is 1.44. The van der Waals surface area contributed by atoms with Gasteiger partial charge < -0.3 is 9.73 Å². The van der Waals surface area contributed by atoms with Gasteiger partial charge >= 0.3 is 0 Å². The standard InChI is InChI=1S/C11H15N3O/c1-3-12-7-6-10-14-11-9(15-10)5-4-8(2)13-11/h4-5,12H,3,6-7H2,1-2H3. The molecule has 0 saturated heterocycles. The van der Waals surface area contributed by atoms with Crippen molar-refractivity contribution in [1.82, 2.24) is 15.3 Å². The summed E-state index contributed by atoms with van der Waals surface area (Å²) < 4.78 is 5.56. The van der Waals surface area contributed by atoms with Crippen LogP contribution in [0.3, 0.4) is 0 Å². The van der Waals surface area contributed by atoms with Gasteiger partial charge in [-0.1, -0.05) is 6.92 Å². The molecule has 1 N–H and O–H groups in total. The molecule has 4 heteroatoms. The van der Waals surface area contributed by atoms with E-state index in [0.29, 0.717) is 5.65 Å². The zero-order chi connectivity index (χ0) is 10.7. The van der Waals surface area contributed by atoms with E-state index in [1.807, 2.05) is 19.1 Å². The number of rotatable bonds is 4. The normalized spacial score (nSPS) is 11.1. The molecule has 0 unspecified atom stereocenters. The van der Waals surface area contributed by atoms with Gasteiger partial charge in [-0.15, -0.1) is 0 Å². The third-order valence-electron chi connectivity index (χ3n) is 2.20. The zero-order valence-corrected chi connectivity index (χ0v) is 9.08. The predicted octanol–water partition coefficient (Wildman–Crippen LogP) is 1.68. The summed E-state index contributed by atoms with van der Waals surface area (Å²) in [5.74, 6) is 0.754. The van der Waals surface area contributed by atoms with Crippen molar-refractivity contribution in [2.75, 3.05) is 13.1 Å². The van der Waals surface area contributed by atoms with Gasteiger partial charge in [0.05, 0.1) is 0 Å². The summed E-state index contributed by atoms with van der Waals surface area (Å²) in [4.78, 5) is 8.63. The van der Waals surface area contributed by atoms with Gasteiger partial charge in [0.25, 0.3) is 0 Å². The fourth-order valence-electron chi connectivity index (χ4n) is 1.44. The van der Waals surface area contributed by atoms with E-state index in [4.69, 9.17) is 4.42 Å². The van der Waals surface area contributed by atoms with Crippen molar-refractivity contribution in [2.45, 2.75) is 20.3 Å². The van der Waals surface area contributed by atoms with Crippen LogP contribution in [0.4, 0.5) is 0 Å². The SMILES string of the molecule is CCNCCc1nc2nc(C)ccc2o1. The molecule has 0 spiro atoms. The van der Waals surface area contributed by atoms with Crippen LogP contribution in [0.2, 0.25) is 0 Å². The molecular formula is C11H15N3O. The molecule has 0 radical (unpaired) electrons. The van der Waals surface area contributed by atoms with E-state index in [1.165, 1.54) is 0 Å². The minimum atomic E-state index is 0.710. The largest absolute Gasteiger partial charge is 0.439 e. The second-order valence-corrected chi connectivity index (χ2v) is 3.49. The van der Waals surface area contributed by atoms with Crippen LogP contribution in [0.25, 0.3) is 11.2 Å². The molecule has 0 aromatic carbocycles. The first-order valence-electron chi connectivity index (χ1n) is 5.23. The lowest BCUT2D eigenvalue weighted by Gasteiger charge is -1.95. The Hall–Kier alpha value is -1.42. The lowest BCUT2D eigenvalue weighted by Crippen LogP contribution is -2.16. The number of oxazole rings is 1. The monoisotopic (exact) mass is 205 g/mol. The summed E-state index contributed by atoms with van der Waals surface area (Å²) in [6.45, 7) is 5.89. The molecule has 0 aliphatic heterocycles. The molecule has 80 valence electrons. The van der Waals surface area contributed by atoms with Crippen LogP contribution in [0.5, 0.6) is 0 Å². The van der Waals surface area contributed by atoms with E-state index < -0.39 is 0 Å². The summed E-state index contributed by atoms with van der Waals surface area (Å²) in [5.41, 5.74) is 2.45. The lowest BCUT2D eigenvalue weighted by molar-refractivity contribution is 0.517. The molecule has 4 nitrogen and oxygen atoms in total. The first kappa shape index (κ1) is 10.1. The Morgan fingerprint density at radius 3 is 3.00 bits per heavy atom. The first-order chi connectivity index (χ1) is 7.29. The van der Waals surface area contributed by atoms with E-state index in [2.05, 4.69) is 22.2 Å². The van der Waals surface area contributed by atoms with Crippen LogP contribution in [0.1, 0.15) is 18.5 Å². The Morgan fingerprint density at radius 2 is 2.20 bits per heavy atom. The van der Waals surface area contributed by atoms with Crippen LogP contribution in [-0.2, 0) is 6.42 Å². The number of nitrogens with one attached hydrogen (secondary N) is 1. The van der Waals surface area contributed by atoms with Gasteiger partial charge in [0.1, 0.15) is 0 Å². The number of pyridine rings is 1. The topological polar surface area (TPSA) is 51.0 Å². The number of likely N-dealkylation sites (N-methyl/N-ethyl adjacent to an activating group) is 1. The molecule has 0 atom stereocenters. The van der Waals surface area contributed by atoms with E-state index in [-0.39, 0.29) is 0 Å². The van der Waals surface area contributed by atoms with Crippen molar-refractivity contribution in [3.63, 3.8) is 0 Å². The summed E-state index contributed by atoms with van der Waals surface area (Å²) in [6, 6.07) is 3.85.